The molecule has 21 heavy (non-hydrogen) atoms. The fourth-order valence-electron chi connectivity index (χ4n) is 3.40. The molecule has 1 amide bonds. The van der Waals surface area contributed by atoms with Crippen molar-refractivity contribution in [3.63, 3.8) is 0 Å². The summed E-state index contributed by atoms with van der Waals surface area (Å²) in [5.74, 6) is 0.0795. The van der Waals surface area contributed by atoms with Gasteiger partial charge < -0.3 is 9.64 Å². The zero-order chi connectivity index (χ0) is 14.8. The number of amides is 1. The van der Waals surface area contributed by atoms with Crippen molar-refractivity contribution in [1.29, 1.82) is 0 Å². The Morgan fingerprint density at radius 2 is 2.29 bits per heavy atom. The Balaban J connectivity index is 1.73. The molecular formula is C16H23N3O2. The number of rotatable bonds is 2. The fraction of sp³-hybridized carbons (Fsp3) is 0.625. The van der Waals surface area contributed by atoms with Crippen LogP contribution in [-0.4, -0.2) is 65.1 Å². The SMILES string of the molecule is CC(C)N1CCO[C@H]2CCN(C(=O)c3cccnc3)C[C@@H]21. The van der Waals surface area contributed by atoms with Crippen molar-refractivity contribution >= 4 is 5.91 Å². The van der Waals surface area contributed by atoms with Gasteiger partial charge in [-0.1, -0.05) is 0 Å². The first-order valence-corrected chi connectivity index (χ1v) is 7.73. The molecular weight excluding hydrogens is 266 g/mol. The number of morpholine rings is 1. The summed E-state index contributed by atoms with van der Waals surface area (Å²) < 4.78 is 5.90. The standard InChI is InChI=1S/C16H23N3O2/c1-12(2)19-8-9-21-15-5-7-18(11-14(15)19)16(20)13-4-3-6-17-10-13/h3-4,6,10,12,14-15H,5,7-9,11H2,1-2H3/t14-,15-/m0/s1. The molecule has 2 saturated heterocycles. The molecule has 0 unspecified atom stereocenters. The van der Waals surface area contributed by atoms with Crippen molar-refractivity contribution in [2.45, 2.75) is 38.5 Å². The van der Waals surface area contributed by atoms with Crippen molar-refractivity contribution in [2.75, 3.05) is 26.2 Å². The van der Waals surface area contributed by atoms with Gasteiger partial charge in [-0.2, -0.15) is 0 Å². The van der Waals surface area contributed by atoms with Gasteiger partial charge in [-0.3, -0.25) is 14.7 Å². The number of aromatic nitrogens is 1. The highest BCUT2D eigenvalue weighted by atomic mass is 16.5. The lowest BCUT2D eigenvalue weighted by Crippen LogP contribution is -2.62. The van der Waals surface area contributed by atoms with E-state index in [1.165, 1.54) is 0 Å². The zero-order valence-electron chi connectivity index (χ0n) is 12.7. The molecule has 0 aromatic carbocycles. The van der Waals surface area contributed by atoms with Crippen LogP contribution >= 0.6 is 0 Å². The second-order valence-electron chi connectivity index (χ2n) is 6.09. The first kappa shape index (κ1) is 14.5. The summed E-state index contributed by atoms with van der Waals surface area (Å²) in [6, 6.07) is 4.44. The Morgan fingerprint density at radius 3 is 3.00 bits per heavy atom. The third-order valence-corrected chi connectivity index (χ3v) is 4.49. The highest BCUT2D eigenvalue weighted by Crippen LogP contribution is 2.25. The molecule has 2 atom stereocenters. The molecule has 0 saturated carbocycles. The lowest BCUT2D eigenvalue weighted by Gasteiger charge is -2.48. The third-order valence-electron chi connectivity index (χ3n) is 4.49. The molecule has 0 spiro atoms. The van der Waals surface area contributed by atoms with Gasteiger partial charge in [0.05, 0.1) is 24.3 Å². The van der Waals surface area contributed by atoms with Crippen LogP contribution in [0.25, 0.3) is 0 Å². The highest BCUT2D eigenvalue weighted by molar-refractivity contribution is 5.94. The normalized spacial score (nSPS) is 26.7. The summed E-state index contributed by atoms with van der Waals surface area (Å²) in [5, 5.41) is 0. The molecule has 0 radical (unpaired) electrons. The molecule has 0 aliphatic carbocycles. The Morgan fingerprint density at radius 1 is 1.43 bits per heavy atom. The maximum absolute atomic E-state index is 12.6. The summed E-state index contributed by atoms with van der Waals surface area (Å²) >= 11 is 0. The largest absolute Gasteiger partial charge is 0.375 e. The Bertz CT molecular complexity index is 492. The molecule has 2 aliphatic rings. The number of fused-ring (bicyclic) bond motifs is 1. The number of carbonyl (C=O) groups excluding carboxylic acids is 1. The topological polar surface area (TPSA) is 45.7 Å². The van der Waals surface area contributed by atoms with Gasteiger partial charge in [-0.15, -0.1) is 0 Å². The van der Waals surface area contributed by atoms with Crippen LogP contribution in [0.15, 0.2) is 24.5 Å². The molecule has 3 rings (SSSR count). The van der Waals surface area contributed by atoms with Gasteiger partial charge in [0.25, 0.3) is 5.91 Å². The first-order valence-electron chi connectivity index (χ1n) is 7.73. The molecule has 3 heterocycles. The molecule has 5 nitrogen and oxygen atoms in total. The van der Waals surface area contributed by atoms with E-state index in [1.54, 1.807) is 12.4 Å². The van der Waals surface area contributed by atoms with Crippen LogP contribution in [0.2, 0.25) is 0 Å². The minimum Gasteiger partial charge on any atom is -0.375 e. The molecule has 2 aliphatic heterocycles. The first-order chi connectivity index (χ1) is 10.2. The Kier molecular flexibility index (Phi) is 4.22. The Labute approximate surface area is 125 Å². The molecule has 5 heteroatoms. The van der Waals surface area contributed by atoms with Crippen molar-refractivity contribution in [3.05, 3.63) is 30.1 Å². The summed E-state index contributed by atoms with van der Waals surface area (Å²) in [4.78, 5) is 21.0. The van der Waals surface area contributed by atoms with Crippen LogP contribution in [0.1, 0.15) is 30.6 Å². The molecule has 1 aromatic rings. The van der Waals surface area contributed by atoms with E-state index in [2.05, 4.69) is 23.7 Å². The molecule has 2 fully saturated rings. The number of carbonyl (C=O) groups is 1. The van der Waals surface area contributed by atoms with Gasteiger partial charge in [0.2, 0.25) is 0 Å². The number of hydrogen-bond donors (Lipinski definition) is 0. The third kappa shape index (κ3) is 2.94. The summed E-state index contributed by atoms with van der Waals surface area (Å²) in [5.41, 5.74) is 0.670. The second kappa shape index (κ2) is 6.12. The van der Waals surface area contributed by atoms with Crippen molar-refractivity contribution in [3.8, 4) is 0 Å². The van der Waals surface area contributed by atoms with Gasteiger partial charge in [-0.05, 0) is 32.4 Å². The van der Waals surface area contributed by atoms with E-state index < -0.39 is 0 Å². The average molecular weight is 289 g/mol. The fourth-order valence-corrected chi connectivity index (χ4v) is 3.40. The van der Waals surface area contributed by atoms with Gasteiger partial charge in [0, 0.05) is 38.1 Å². The van der Waals surface area contributed by atoms with E-state index in [1.807, 2.05) is 17.0 Å². The number of ether oxygens (including phenoxy) is 1. The number of piperidine rings is 1. The van der Waals surface area contributed by atoms with E-state index in [0.717, 1.165) is 32.7 Å². The van der Waals surface area contributed by atoms with Gasteiger partial charge >= 0.3 is 0 Å². The van der Waals surface area contributed by atoms with Gasteiger partial charge in [0.1, 0.15) is 0 Å². The van der Waals surface area contributed by atoms with E-state index in [9.17, 15) is 4.79 Å². The summed E-state index contributed by atoms with van der Waals surface area (Å²) in [6.07, 6.45) is 4.52. The molecule has 114 valence electrons. The summed E-state index contributed by atoms with van der Waals surface area (Å²) in [6.45, 7) is 7.69. The van der Waals surface area contributed by atoms with Crippen LogP contribution in [0.3, 0.4) is 0 Å². The van der Waals surface area contributed by atoms with Crippen molar-refractivity contribution < 1.29 is 9.53 Å². The van der Waals surface area contributed by atoms with E-state index in [-0.39, 0.29) is 12.0 Å². The maximum atomic E-state index is 12.6. The van der Waals surface area contributed by atoms with Crippen molar-refractivity contribution in [1.82, 2.24) is 14.8 Å². The van der Waals surface area contributed by atoms with Gasteiger partial charge in [-0.25, -0.2) is 0 Å². The predicted octanol–water partition coefficient (Wildman–Crippen LogP) is 1.41. The number of hydrogen-bond acceptors (Lipinski definition) is 4. The predicted molar refractivity (Wildman–Crippen MR) is 80.1 cm³/mol. The number of likely N-dealkylation sites (tertiary alicyclic amines) is 1. The minimum absolute atomic E-state index is 0.0795. The number of nitrogens with zero attached hydrogens (tertiary/aromatic N) is 3. The smallest absolute Gasteiger partial charge is 0.255 e. The molecule has 1 aromatic heterocycles. The Hall–Kier alpha value is -1.46. The van der Waals surface area contributed by atoms with Crippen LogP contribution in [0.5, 0.6) is 0 Å². The second-order valence-corrected chi connectivity index (χ2v) is 6.09. The maximum Gasteiger partial charge on any atom is 0.255 e. The zero-order valence-corrected chi connectivity index (χ0v) is 12.7. The molecule has 0 bridgehead atoms. The number of pyridine rings is 1. The van der Waals surface area contributed by atoms with E-state index >= 15 is 0 Å². The van der Waals surface area contributed by atoms with Crippen LogP contribution in [0.4, 0.5) is 0 Å². The van der Waals surface area contributed by atoms with E-state index in [4.69, 9.17) is 4.74 Å². The lowest BCUT2D eigenvalue weighted by molar-refractivity contribution is -0.107. The highest BCUT2D eigenvalue weighted by Gasteiger charge is 2.39. The van der Waals surface area contributed by atoms with Crippen LogP contribution in [-0.2, 0) is 4.74 Å². The monoisotopic (exact) mass is 289 g/mol. The van der Waals surface area contributed by atoms with Gasteiger partial charge in [0.15, 0.2) is 0 Å². The minimum atomic E-state index is 0.0795. The lowest BCUT2D eigenvalue weighted by atomic mass is 9.97. The van der Waals surface area contributed by atoms with Crippen LogP contribution < -0.4 is 0 Å². The van der Waals surface area contributed by atoms with Crippen LogP contribution in [0, 0.1) is 0 Å². The average Bonchev–Trinajstić information content (AvgIpc) is 2.53. The molecule has 0 N–H and O–H groups in total. The quantitative estimate of drug-likeness (QED) is 0.826. The van der Waals surface area contributed by atoms with Crippen molar-refractivity contribution in [2.24, 2.45) is 0 Å². The summed E-state index contributed by atoms with van der Waals surface area (Å²) in [7, 11) is 0. The van der Waals surface area contributed by atoms with E-state index in [0.29, 0.717) is 17.6 Å².